The first-order chi connectivity index (χ1) is 21.7. The number of hydrazone groups is 1. The van der Waals surface area contributed by atoms with Gasteiger partial charge < -0.3 is 34.3 Å². The molecule has 0 radical (unpaired) electrons. The van der Waals surface area contributed by atoms with E-state index in [4.69, 9.17) is 23.7 Å². The third-order valence-electron chi connectivity index (χ3n) is 6.52. The van der Waals surface area contributed by atoms with Crippen molar-refractivity contribution in [2.45, 2.75) is 26.5 Å². The predicted octanol–water partition coefficient (Wildman–Crippen LogP) is 4.61. The quantitative estimate of drug-likeness (QED) is 0.100. The second kappa shape index (κ2) is 15.8. The Morgan fingerprint density at radius 2 is 1.76 bits per heavy atom. The van der Waals surface area contributed by atoms with E-state index in [-0.39, 0.29) is 24.5 Å². The Morgan fingerprint density at radius 3 is 2.47 bits per heavy atom. The van der Waals surface area contributed by atoms with E-state index in [0.717, 1.165) is 9.13 Å². The molecule has 0 aromatic heterocycles. The summed E-state index contributed by atoms with van der Waals surface area (Å²) < 4.78 is 28.6. The maximum atomic E-state index is 12.6. The van der Waals surface area contributed by atoms with E-state index in [2.05, 4.69) is 43.8 Å². The van der Waals surface area contributed by atoms with Gasteiger partial charge in [-0.05, 0) is 77.4 Å². The summed E-state index contributed by atoms with van der Waals surface area (Å²) in [6.45, 7) is 3.55. The lowest BCUT2D eigenvalue weighted by molar-refractivity contribution is -0.139. The van der Waals surface area contributed by atoms with Gasteiger partial charge in [0.2, 0.25) is 0 Å². The van der Waals surface area contributed by atoms with Gasteiger partial charge in [-0.25, -0.2) is 15.0 Å². The first-order valence-corrected chi connectivity index (χ1v) is 14.9. The van der Waals surface area contributed by atoms with Crippen LogP contribution in [0.15, 0.2) is 77.0 Å². The zero-order valence-corrected chi connectivity index (χ0v) is 27.3. The van der Waals surface area contributed by atoms with Gasteiger partial charge in [-0.2, -0.15) is 5.10 Å². The molecule has 1 aliphatic rings. The molecule has 3 N–H and O–H groups in total. The molecule has 0 aliphatic carbocycles. The monoisotopic (exact) mass is 728 g/mol. The van der Waals surface area contributed by atoms with Crippen LogP contribution in [0.3, 0.4) is 0 Å². The van der Waals surface area contributed by atoms with E-state index < -0.39 is 23.9 Å². The van der Waals surface area contributed by atoms with Crippen LogP contribution in [0.4, 0.5) is 4.79 Å². The third-order valence-corrected chi connectivity index (χ3v) is 7.33. The predicted molar refractivity (Wildman–Crippen MR) is 174 cm³/mol. The first-order valence-electron chi connectivity index (χ1n) is 13.9. The van der Waals surface area contributed by atoms with E-state index >= 15 is 0 Å². The van der Waals surface area contributed by atoms with Gasteiger partial charge >= 0.3 is 12.0 Å². The number of nitrogens with one attached hydrogen (secondary N) is 3. The number of halogens is 1. The molecular weight excluding hydrogens is 695 g/mol. The van der Waals surface area contributed by atoms with Crippen molar-refractivity contribution in [1.29, 1.82) is 0 Å². The molecule has 0 spiro atoms. The number of methoxy groups -OCH3 is 2. The van der Waals surface area contributed by atoms with E-state index in [0.29, 0.717) is 40.7 Å². The molecule has 0 fully saturated rings. The number of hydrogen-bond acceptors (Lipinski definition) is 9. The highest BCUT2D eigenvalue weighted by Gasteiger charge is 2.32. The topological polar surface area (TPSA) is 146 Å². The number of urea groups is 1. The fourth-order valence-corrected chi connectivity index (χ4v) is 5.23. The summed E-state index contributed by atoms with van der Waals surface area (Å²) in [6.07, 6.45) is 1.49. The molecule has 1 aliphatic heterocycles. The Bertz CT molecular complexity index is 1610. The molecule has 236 valence electrons. The minimum atomic E-state index is -0.774. The van der Waals surface area contributed by atoms with E-state index in [1.807, 2.05) is 36.4 Å². The number of rotatable bonds is 13. The minimum Gasteiger partial charge on any atom is -0.493 e. The van der Waals surface area contributed by atoms with E-state index in [1.54, 1.807) is 45.2 Å². The number of allylic oxidation sites excluding steroid dienone is 1. The maximum absolute atomic E-state index is 12.6. The van der Waals surface area contributed by atoms with Gasteiger partial charge in [-0.1, -0.05) is 36.4 Å². The lowest BCUT2D eigenvalue weighted by atomic mass is 9.95. The van der Waals surface area contributed by atoms with Gasteiger partial charge in [0.05, 0.1) is 42.2 Å². The van der Waals surface area contributed by atoms with Crippen molar-refractivity contribution in [2.24, 2.45) is 5.10 Å². The van der Waals surface area contributed by atoms with Crippen molar-refractivity contribution in [2.75, 3.05) is 27.4 Å². The number of carbonyl (C=O) groups excluding carboxylic acids is 3. The average molecular weight is 729 g/mol. The second-order valence-electron chi connectivity index (χ2n) is 9.59. The number of nitrogens with zero attached hydrogens (tertiary/aromatic N) is 1. The molecule has 0 unspecified atom stereocenters. The van der Waals surface area contributed by atoms with Crippen LogP contribution in [0.2, 0.25) is 0 Å². The fourth-order valence-electron chi connectivity index (χ4n) is 4.44. The standard InChI is InChI=1S/C32H33IN4O8/c1-5-43-31(39)28-19(2)35-32(40)36-29(28)22-11-12-24(25(15-22)41-3)44-18-27(38)37-34-16-21-13-23(33)30(26(14-21)42-4)45-17-20-9-7-6-8-10-20/h6-16,29H,5,17-18H2,1-4H3,(H,37,38)(H2,35,36,40)/b34-16-/t29-/m0/s1. The van der Waals surface area contributed by atoms with Crippen LogP contribution < -0.4 is 35.0 Å². The van der Waals surface area contributed by atoms with Crippen molar-refractivity contribution in [3.8, 4) is 23.0 Å². The molecule has 45 heavy (non-hydrogen) atoms. The summed E-state index contributed by atoms with van der Waals surface area (Å²) in [4.78, 5) is 37.3. The fraction of sp³-hybridized carbons (Fsp3) is 0.250. The lowest BCUT2D eigenvalue weighted by Gasteiger charge is -2.28. The van der Waals surface area contributed by atoms with Crippen molar-refractivity contribution in [1.82, 2.24) is 16.1 Å². The van der Waals surface area contributed by atoms with Crippen LogP contribution in [0, 0.1) is 3.57 Å². The van der Waals surface area contributed by atoms with E-state index in [1.165, 1.54) is 13.3 Å². The molecule has 0 bridgehead atoms. The molecule has 0 saturated carbocycles. The van der Waals surface area contributed by atoms with Gasteiger partial charge in [0.15, 0.2) is 29.6 Å². The van der Waals surface area contributed by atoms with Crippen LogP contribution in [0.1, 0.15) is 36.6 Å². The zero-order chi connectivity index (χ0) is 32.3. The van der Waals surface area contributed by atoms with Gasteiger partial charge in [0, 0.05) is 5.70 Å². The Balaban J connectivity index is 1.37. The number of esters is 1. The molecule has 1 atom stereocenters. The molecule has 13 heteroatoms. The summed E-state index contributed by atoms with van der Waals surface area (Å²) >= 11 is 2.16. The molecule has 3 amide bonds. The van der Waals surface area contributed by atoms with Crippen LogP contribution >= 0.6 is 22.6 Å². The average Bonchev–Trinajstić information content (AvgIpc) is 3.03. The van der Waals surface area contributed by atoms with Crippen LogP contribution in [-0.2, 0) is 20.9 Å². The molecule has 3 aromatic rings. The van der Waals surface area contributed by atoms with Crippen molar-refractivity contribution in [3.63, 3.8) is 0 Å². The van der Waals surface area contributed by atoms with Gasteiger partial charge in [0.1, 0.15) is 6.61 Å². The SMILES string of the molecule is CCOC(=O)C1=C(C)NC(=O)N[C@H]1c1ccc(OCC(=O)N/N=C\c2cc(I)c(OCc3ccccc3)c(OC)c2)c(OC)c1. The van der Waals surface area contributed by atoms with Crippen LogP contribution in [0.25, 0.3) is 0 Å². The highest BCUT2D eigenvalue weighted by molar-refractivity contribution is 14.1. The molecular formula is C32H33IN4O8. The highest BCUT2D eigenvalue weighted by Crippen LogP contribution is 2.35. The Kier molecular flexibility index (Phi) is 11.6. The third kappa shape index (κ3) is 8.65. The Morgan fingerprint density at radius 1 is 1.00 bits per heavy atom. The maximum Gasteiger partial charge on any atom is 0.338 e. The van der Waals surface area contributed by atoms with Gasteiger partial charge in [-0.15, -0.1) is 0 Å². The van der Waals surface area contributed by atoms with Crippen molar-refractivity contribution >= 4 is 46.7 Å². The summed E-state index contributed by atoms with van der Waals surface area (Å²) in [5.74, 6) is 0.675. The molecule has 12 nitrogen and oxygen atoms in total. The van der Waals surface area contributed by atoms with E-state index in [9.17, 15) is 14.4 Å². The molecule has 4 rings (SSSR count). The first kappa shape index (κ1) is 33.1. The van der Waals surface area contributed by atoms with Gasteiger partial charge in [-0.3, -0.25) is 4.79 Å². The largest absolute Gasteiger partial charge is 0.493 e. The molecule has 3 aromatic carbocycles. The smallest absolute Gasteiger partial charge is 0.338 e. The molecule has 1 heterocycles. The minimum absolute atomic E-state index is 0.183. The zero-order valence-electron chi connectivity index (χ0n) is 25.1. The number of benzene rings is 3. The highest BCUT2D eigenvalue weighted by atomic mass is 127. The number of ether oxygens (including phenoxy) is 5. The Labute approximate surface area is 274 Å². The van der Waals surface area contributed by atoms with Crippen LogP contribution in [0.5, 0.6) is 23.0 Å². The summed E-state index contributed by atoms with van der Waals surface area (Å²) in [5, 5.41) is 9.37. The number of carbonyl (C=O) groups is 3. The number of hydrogen-bond donors (Lipinski definition) is 3. The molecule has 0 saturated heterocycles. The summed E-state index contributed by atoms with van der Waals surface area (Å²) in [7, 11) is 3.00. The lowest BCUT2D eigenvalue weighted by Crippen LogP contribution is -2.45. The normalized spacial score (nSPS) is 14.3. The van der Waals surface area contributed by atoms with Crippen molar-refractivity contribution in [3.05, 3.63) is 92.2 Å². The number of amides is 3. The summed E-state index contributed by atoms with van der Waals surface area (Å²) in [6, 6.07) is 17.1. The second-order valence-corrected chi connectivity index (χ2v) is 10.8. The summed E-state index contributed by atoms with van der Waals surface area (Å²) in [5.41, 5.74) is 5.38. The Hall–Kier alpha value is -4.79. The van der Waals surface area contributed by atoms with Crippen LogP contribution in [-0.4, -0.2) is 51.6 Å². The van der Waals surface area contributed by atoms with Crippen molar-refractivity contribution < 1.29 is 38.1 Å². The van der Waals surface area contributed by atoms with Gasteiger partial charge in [0.25, 0.3) is 5.91 Å².